The summed E-state index contributed by atoms with van der Waals surface area (Å²) in [5.41, 5.74) is 0. The Morgan fingerprint density at radius 3 is 2.15 bits per heavy atom. The van der Waals surface area contributed by atoms with Gasteiger partial charge in [0.05, 0.1) is 0 Å². The van der Waals surface area contributed by atoms with Gasteiger partial charge in [-0.25, -0.2) is 0 Å². The summed E-state index contributed by atoms with van der Waals surface area (Å²) in [6.07, 6.45) is -1.31. The molecule has 0 bridgehead atoms. The Labute approximate surface area is 90.0 Å². The van der Waals surface area contributed by atoms with Gasteiger partial charge in [-0.15, -0.1) is 11.6 Å². The second-order valence-corrected chi connectivity index (χ2v) is 3.37. The lowest BCUT2D eigenvalue weighted by molar-refractivity contribution is -0.181. The van der Waals surface area contributed by atoms with E-state index in [-0.39, 0.29) is 5.88 Å². The highest BCUT2D eigenvalue weighted by Crippen LogP contribution is 2.13. The summed E-state index contributed by atoms with van der Waals surface area (Å²) < 4.78 is 8.97. The van der Waals surface area contributed by atoms with Crippen LogP contribution in [0.2, 0.25) is 0 Å². The van der Waals surface area contributed by atoms with E-state index in [1.807, 2.05) is 0 Å². The lowest BCUT2D eigenvalue weighted by Crippen LogP contribution is -2.29. The quantitative estimate of drug-likeness (QED) is 0.430. The fourth-order valence-electron chi connectivity index (χ4n) is 0.452. The van der Waals surface area contributed by atoms with Gasteiger partial charge in [-0.1, -0.05) is 23.2 Å². The zero-order chi connectivity index (χ0) is 10.4. The van der Waals surface area contributed by atoms with Crippen LogP contribution >= 0.6 is 34.8 Å². The number of hydrogen-bond donors (Lipinski definition) is 0. The highest BCUT2D eigenvalue weighted by atomic mass is 35.5. The van der Waals surface area contributed by atoms with Crippen molar-refractivity contribution in [1.82, 2.24) is 0 Å². The van der Waals surface area contributed by atoms with Gasteiger partial charge in [-0.05, 0) is 0 Å². The highest BCUT2D eigenvalue weighted by Gasteiger charge is 2.23. The van der Waals surface area contributed by atoms with E-state index in [2.05, 4.69) is 9.47 Å². The third-order valence-corrected chi connectivity index (χ3v) is 1.47. The second kappa shape index (κ2) is 6.29. The molecule has 4 nitrogen and oxygen atoms in total. The number of esters is 2. The average Bonchev–Trinajstić information content (AvgIpc) is 2.02. The molecular formula is C6H7Cl3O4. The molecule has 0 heterocycles. The molecule has 0 aliphatic heterocycles. The molecule has 0 rings (SSSR count). The molecule has 13 heavy (non-hydrogen) atoms. The van der Waals surface area contributed by atoms with Crippen LogP contribution in [0.25, 0.3) is 0 Å². The van der Waals surface area contributed by atoms with Crippen molar-refractivity contribution in [1.29, 1.82) is 0 Å². The molecular weight excluding hydrogens is 242 g/mol. The topological polar surface area (TPSA) is 52.6 Å². The predicted molar refractivity (Wildman–Crippen MR) is 47.9 cm³/mol. The molecule has 0 aromatic heterocycles. The number of hydrogen-bond acceptors (Lipinski definition) is 4. The van der Waals surface area contributed by atoms with E-state index < -0.39 is 23.1 Å². The van der Waals surface area contributed by atoms with E-state index in [1.54, 1.807) is 0 Å². The summed E-state index contributed by atoms with van der Waals surface area (Å²) in [6.45, 7) is 1.14. The van der Waals surface area contributed by atoms with Crippen LogP contribution in [0.5, 0.6) is 0 Å². The third-order valence-electron chi connectivity index (χ3n) is 0.845. The van der Waals surface area contributed by atoms with Gasteiger partial charge in [-0.3, -0.25) is 9.59 Å². The minimum atomic E-state index is -1.31. The van der Waals surface area contributed by atoms with Crippen LogP contribution in [0.15, 0.2) is 0 Å². The van der Waals surface area contributed by atoms with Gasteiger partial charge in [0.1, 0.15) is 5.88 Å². The Hall–Kier alpha value is -0.190. The fourth-order valence-corrected chi connectivity index (χ4v) is 0.720. The average molecular weight is 249 g/mol. The van der Waals surface area contributed by atoms with Crippen molar-refractivity contribution in [2.24, 2.45) is 0 Å². The standard InChI is InChI=1S/C6H7Cl3O4/c1-3(10)12-6(5(8)9)13-4(11)2-7/h5-6H,2H2,1H3. The smallest absolute Gasteiger partial charge is 0.324 e. The molecule has 76 valence electrons. The molecule has 1 unspecified atom stereocenters. The number of carbonyl (C=O) groups excluding carboxylic acids is 2. The van der Waals surface area contributed by atoms with Crippen molar-refractivity contribution in [3.8, 4) is 0 Å². The van der Waals surface area contributed by atoms with Crippen molar-refractivity contribution in [3.05, 3.63) is 0 Å². The maximum Gasteiger partial charge on any atom is 0.324 e. The first kappa shape index (κ1) is 12.8. The maximum absolute atomic E-state index is 10.6. The maximum atomic E-state index is 10.6. The monoisotopic (exact) mass is 248 g/mol. The summed E-state index contributed by atoms with van der Waals surface area (Å²) in [6, 6.07) is 0. The number of rotatable bonds is 4. The first-order valence-electron chi connectivity index (χ1n) is 3.18. The Kier molecular flexibility index (Phi) is 6.20. The molecule has 0 saturated carbocycles. The lowest BCUT2D eigenvalue weighted by Gasteiger charge is -2.17. The number of alkyl halides is 3. The normalized spacial score (nSPS) is 12.4. The van der Waals surface area contributed by atoms with Gasteiger partial charge in [0.25, 0.3) is 6.29 Å². The van der Waals surface area contributed by atoms with Crippen LogP contribution in [0.3, 0.4) is 0 Å². The first-order chi connectivity index (χ1) is 5.97. The lowest BCUT2D eigenvalue weighted by atomic mass is 10.6. The van der Waals surface area contributed by atoms with Crippen molar-refractivity contribution in [2.75, 3.05) is 5.88 Å². The van der Waals surface area contributed by atoms with E-state index in [0.29, 0.717) is 0 Å². The molecule has 0 aromatic rings. The summed E-state index contributed by atoms with van der Waals surface area (Å²) in [7, 11) is 0. The molecule has 0 fully saturated rings. The van der Waals surface area contributed by atoms with Crippen LogP contribution in [0.1, 0.15) is 6.92 Å². The molecule has 0 aliphatic carbocycles. The van der Waals surface area contributed by atoms with Crippen LogP contribution < -0.4 is 0 Å². The molecule has 0 radical (unpaired) electrons. The van der Waals surface area contributed by atoms with Crippen LogP contribution in [-0.2, 0) is 19.1 Å². The van der Waals surface area contributed by atoms with E-state index in [1.165, 1.54) is 0 Å². The third kappa shape index (κ3) is 5.96. The van der Waals surface area contributed by atoms with Crippen LogP contribution in [-0.4, -0.2) is 28.9 Å². The van der Waals surface area contributed by atoms with Crippen LogP contribution in [0, 0.1) is 0 Å². The molecule has 0 aliphatic rings. The Morgan fingerprint density at radius 1 is 1.31 bits per heavy atom. The minimum Gasteiger partial charge on any atom is -0.422 e. The second-order valence-electron chi connectivity index (χ2n) is 1.94. The van der Waals surface area contributed by atoms with Gasteiger partial charge in [-0.2, -0.15) is 0 Å². The summed E-state index contributed by atoms with van der Waals surface area (Å²) in [5, 5.41) is 0. The summed E-state index contributed by atoms with van der Waals surface area (Å²) in [5.74, 6) is -1.78. The minimum absolute atomic E-state index is 0.363. The SMILES string of the molecule is CC(=O)OC(OC(=O)CCl)C(Cl)Cl. The Balaban J connectivity index is 4.09. The Morgan fingerprint density at radius 2 is 1.85 bits per heavy atom. The Bertz CT molecular complexity index is 194. The van der Waals surface area contributed by atoms with Crippen molar-refractivity contribution < 1.29 is 19.1 Å². The van der Waals surface area contributed by atoms with Crippen molar-refractivity contribution in [3.63, 3.8) is 0 Å². The van der Waals surface area contributed by atoms with Gasteiger partial charge >= 0.3 is 11.9 Å². The van der Waals surface area contributed by atoms with Crippen molar-refractivity contribution in [2.45, 2.75) is 18.1 Å². The van der Waals surface area contributed by atoms with Gasteiger partial charge in [0.15, 0.2) is 4.84 Å². The molecule has 0 amide bonds. The number of halogens is 3. The first-order valence-corrected chi connectivity index (χ1v) is 4.59. The number of ether oxygens (including phenoxy) is 2. The van der Waals surface area contributed by atoms with Gasteiger partial charge in [0.2, 0.25) is 0 Å². The molecule has 7 heteroatoms. The van der Waals surface area contributed by atoms with Gasteiger partial charge in [0, 0.05) is 6.92 Å². The van der Waals surface area contributed by atoms with Crippen molar-refractivity contribution >= 4 is 46.7 Å². The fraction of sp³-hybridized carbons (Fsp3) is 0.667. The largest absolute Gasteiger partial charge is 0.422 e. The highest BCUT2D eigenvalue weighted by molar-refractivity contribution is 6.44. The summed E-state index contributed by atoms with van der Waals surface area (Å²) in [4.78, 5) is 20.0. The molecule has 0 spiro atoms. The predicted octanol–water partition coefficient (Wildman–Crippen LogP) is 1.46. The van der Waals surface area contributed by atoms with E-state index in [9.17, 15) is 9.59 Å². The zero-order valence-corrected chi connectivity index (χ0v) is 8.90. The zero-order valence-electron chi connectivity index (χ0n) is 6.63. The summed E-state index contributed by atoms with van der Waals surface area (Å²) >= 11 is 15.8. The van der Waals surface area contributed by atoms with E-state index in [4.69, 9.17) is 34.8 Å². The molecule has 1 atom stereocenters. The van der Waals surface area contributed by atoms with E-state index >= 15 is 0 Å². The van der Waals surface area contributed by atoms with Crippen LogP contribution in [0.4, 0.5) is 0 Å². The number of carbonyl (C=O) groups is 2. The van der Waals surface area contributed by atoms with Gasteiger partial charge < -0.3 is 9.47 Å². The molecule has 0 aromatic carbocycles. The molecule has 0 saturated heterocycles. The van der Waals surface area contributed by atoms with E-state index in [0.717, 1.165) is 6.92 Å². The molecule has 0 N–H and O–H groups in total.